The molecular formula is C18H22N4O2. The van der Waals surface area contributed by atoms with Gasteiger partial charge in [-0.2, -0.15) is 0 Å². The molecule has 0 unspecified atom stereocenters. The Morgan fingerprint density at radius 2 is 2.12 bits per heavy atom. The highest BCUT2D eigenvalue weighted by atomic mass is 16.5. The average molecular weight is 326 g/mol. The number of amides is 1. The van der Waals surface area contributed by atoms with Crippen LogP contribution in [0.2, 0.25) is 0 Å². The number of hydrogen-bond donors (Lipinski definition) is 1. The Balaban J connectivity index is 1.37. The van der Waals surface area contributed by atoms with E-state index in [1.54, 1.807) is 0 Å². The lowest BCUT2D eigenvalue weighted by atomic mass is 9.94. The second-order valence-electron chi connectivity index (χ2n) is 6.50. The third kappa shape index (κ3) is 3.00. The molecule has 1 saturated heterocycles. The molecule has 6 heteroatoms. The summed E-state index contributed by atoms with van der Waals surface area (Å²) < 4.78 is 5.29. The number of fused-ring (bicyclic) bond motifs is 1. The highest BCUT2D eigenvalue weighted by Gasteiger charge is 2.27. The molecule has 126 valence electrons. The van der Waals surface area contributed by atoms with Crippen LogP contribution in [0.3, 0.4) is 0 Å². The predicted molar refractivity (Wildman–Crippen MR) is 91.9 cm³/mol. The Labute approximate surface area is 140 Å². The number of aromatic nitrogens is 1. The van der Waals surface area contributed by atoms with Gasteiger partial charge in [-0.25, -0.2) is 0 Å². The maximum atomic E-state index is 12.6. The van der Waals surface area contributed by atoms with Gasteiger partial charge >= 0.3 is 0 Å². The van der Waals surface area contributed by atoms with Crippen molar-refractivity contribution in [3.8, 4) is 0 Å². The first-order chi connectivity index (χ1) is 11.8. The van der Waals surface area contributed by atoms with Crippen LogP contribution < -0.4 is 5.32 Å². The molecule has 0 spiro atoms. The summed E-state index contributed by atoms with van der Waals surface area (Å²) in [6, 6.07) is 7.68. The highest BCUT2D eigenvalue weighted by Crippen LogP contribution is 2.22. The minimum Gasteiger partial charge on any atom is -0.374 e. The van der Waals surface area contributed by atoms with E-state index in [1.165, 1.54) is 0 Å². The molecule has 1 aromatic carbocycles. The maximum Gasteiger partial charge on any atom is 0.228 e. The smallest absolute Gasteiger partial charge is 0.228 e. The molecule has 2 aliphatic heterocycles. The number of amidine groups is 1. The molecule has 2 aliphatic rings. The summed E-state index contributed by atoms with van der Waals surface area (Å²) in [7, 11) is 0. The molecule has 0 aliphatic carbocycles. The largest absolute Gasteiger partial charge is 0.374 e. The van der Waals surface area contributed by atoms with Crippen LogP contribution in [0.1, 0.15) is 25.0 Å². The van der Waals surface area contributed by atoms with Gasteiger partial charge in [0.15, 0.2) is 5.58 Å². The first-order valence-corrected chi connectivity index (χ1v) is 8.70. The number of nitrogens with one attached hydrogen (secondary N) is 1. The van der Waals surface area contributed by atoms with Crippen LogP contribution in [-0.2, 0) is 11.2 Å². The van der Waals surface area contributed by atoms with Crippen molar-refractivity contribution in [3.63, 3.8) is 0 Å². The Hall–Kier alpha value is -2.37. The maximum absolute atomic E-state index is 12.6. The number of benzene rings is 1. The van der Waals surface area contributed by atoms with E-state index < -0.39 is 0 Å². The van der Waals surface area contributed by atoms with E-state index in [2.05, 4.69) is 15.5 Å². The number of rotatable bonds is 3. The van der Waals surface area contributed by atoms with Gasteiger partial charge in [0.1, 0.15) is 5.69 Å². The highest BCUT2D eigenvalue weighted by molar-refractivity contribution is 5.87. The van der Waals surface area contributed by atoms with Crippen LogP contribution >= 0.6 is 0 Å². The van der Waals surface area contributed by atoms with Crippen LogP contribution in [0.15, 0.2) is 33.8 Å². The van der Waals surface area contributed by atoms with Crippen molar-refractivity contribution >= 4 is 22.7 Å². The van der Waals surface area contributed by atoms with Crippen molar-refractivity contribution in [2.45, 2.75) is 25.7 Å². The molecule has 24 heavy (non-hydrogen) atoms. The van der Waals surface area contributed by atoms with Gasteiger partial charge in [0.2, 0.25) is 5.91 Å². The van der Waals surface area contributed by atoms with Crippen LogP contribution in [0.4, 0.5) is 0 Å². The minimum absolute atomic E-state index is 0.131. The Morgan fingerprint density at radius 3 is 2.92 bits per heavy atom. The number of piperidine rings is 1. The lowest BCUT2D eigenvalue weighted by Gasteiger charge is -2.33. The molecule has 1 N–H and O–H groups in total. The van der Waals surface area contributed by atoms with Crippen molar-refractivity contribution in [3.05, 3.63) is 30.0 Å². The number of likely N-dealkylation sites (tertiary alicyclic amines) is 1. The van der Waals surface area contributed by atoms with E-state index >= 15 is 0 Å². The molecule has 6 nitrogen and oxygen atoms in total. The van der Waals surface area contributed by atoms with Crippen molar-refractivity contribution in [1.29, 1.82) is 0 Å². The number of hydrogen-bond acceptors (Lipinski definition) is 5. The summed E-state index contributed by atoms with van der Waals surface area (Å²) in [4.78, 5) is 19.1. The van der Waals surface area contributed by atoms with Crippen LogP contribution in [0.25, 0.3) is 11.0 Å². The third-order valence-electron chi connectivity index (χ3n) is 4.93. The van der Waals surface area contributed by atoms with Gasteiger partial charge < -0.3 is 14.7 Å². The molecule has 0 saturated carbocycles. The van der Waals surface area contributed by atoms with E-state index in [4.69, 9.17) is 4.52 Å². The van der Waals surface area contributed by atoms with Crippen LogP contribution in [0.5, 0.6) is 0 Å². The first-order valence-electron chi connectivity index (χ1n) is 8.70. The van der Waals surface area contributed by atoms with Crippen molar-refractivity contribution in [2.24, 2.45) is 10.9 Å². The summed E-state index contributed by atoms with van der Waals surface area (Å²) >= 11 is 0. The van der Waals surface area contributed by atoms with Crippen LogP contribution in [-0.4, -0.2) is 48.0 Å². The fourth-order valence-electron chi connectivity index (χ4n) is 3.55. The van der Waals surface area contributed by atoms with Gasteiger partial charge in [-0.05, 0) is 31.4 Å². The van der Waals surface area contributed by atoms with Gasteiger partial charge in [0.05, 0.1) is 12.3 Å². The predicted octanol–water partition coefficient (Wildman–Crippen LogP) is 2.00. The van der Waals surface area contributed by atoms with Gasteiger partial charge in [0.25, 0.3) is 0 Å². The summed E-state index contributed by atoms with van der Waals surface area (Å²) in [5, 5.41) is 8.41. The minimum atomic E-state index is 0.131. The normalized spacial score (nSPS) is 19.2. The molecule has 1 amide bonds. The Kier molecular flexibility index (Phi) is 4.19. The fraction of sp³-hybridized carbons (Fsp3) is 0.500. The molecule has 1 fully saturated rings. The zero-order valence-electron chi connectivity index (χ0n) is 13.7. The zero-order valence-corrected chi connectivity index (χ0v) is 13.7. The Morgan fingerprint density at radius 1 is 1.29 bits per heavy atom. The molecular weight excluding hydrogens is 304 g/mol. The molecule has 2 aromatic rings. The molecule has 4 rings (SSSR count). The number of carbonyl (C=O) groups excluding carboxylic acids is 1. The lowest BCUT2D eigenvalue weighted by Crippen LogP contribution is -2.44. The third-order valence-corrected chi connectivity index (χ3v) is 4.93. The topological polar surface area (TPSA) is 70.7 Å². The van der Waals surface area contributed by atoms with Gasteiger partial charge in [-0.15, -0.1) is 0 Å². The van der Waals surface area contributed by atoms with Crippen LogP contribution in [0, 0.1) is 5.92 Å². The molecule has 0 radical (unpaired) electrons. The van der Waals surface area contributed by atoms with E-state index in [9.17, 15) is 4.79 Å². The number of nitrogens with zero attached hydrogens (tertiary/aromatic N) is 3. The van der Waals surface area contributed by atoms with Crippen molar-refractivity contribution in [1.82, 2.24) is 15.4 Å². The summed E-state index contributed by atoms with van der Waals surface area (Å²) in [6.07, 6.45) is 3.39. The number of aliphatic imine (C=N–C) groups is 1. The second kappa shape index (κ2) is 6.63. The molecule has 0 bridgehead atoms. The van der Waals surface area contributed by atoms with Crippen molar-refractivity contribution < 1.29 is 9.32 Å². The Bertz CT molecular complexity index is 759. The SMILES string of the molecule is O=C(Cc1noc2ccccc12)N1CCC(C2=NCCCN2)CC1. The quantitative estimate of drug-likeness (QED) is 0.936. The average Bonchev–Trinajstić information content (AvgIpc) is 3.06. The molecule has 0 atom stereocenters. The first kappa shape index (κ1) is 15.2. The van der Waals surface area contributed by atoms with Gasteiger partial charge in [-0.1, -0.05) is 17.3 Å². The van der Waals surface area contributed by atoms with E-state index in [0.717, 1.165) is 67.9 Å². The lowest BCUT2D eigenvalue weighted by molar-refractivity contribution is -0.131. The van der Waals surface area contributed by atoms with E-state index in [0.29, 0.717) is 12.3 Å². The van der Waals surface area contributed by atoms with Crippen molar-refractivity contribution in [2.75, 3.05) is 26.2 Å². The van der Waals surface area contributed by atoms with Gasteiger partial charge in [0, 0.05) is 37.5 Å². The zero-order chi connectivity index (χ0) is 16.4. The van der Waals surface area contributed by atoms with Gasteiger partial charge in [-0.3, -0.25) is 9.79 Å². The monoisotopic (exact) mass is 326 g/mol. The van der Waals surface area contributed by atoms with E-state index in [1.807, 2.05) is 29.2 Å². The summed E-state index contributed by atoms with van der Waals surface area (Å²) in [5.74, 6) is 1.75. The summed E-state index contributed by atoms with van der Waals surface area (Å²) in [6.45, 7) is 3.54. The number of para-hydroxylation sites is 1. The fourth-order valence-corrected chi connectivity index (χ4v) is 3.55. The summed E-state index contributed by atoms with van der Waals surface area (Å²) in [5.41, 5.74) is 1.47. The molecule has 3 heterocycles. The second-order valence-corrected chi connectivity index (χ2v) is 6.50. The standard InChI is InChI=1S/C18H22N4O2/c23-17(12-15-14-4-1-2-5-16(14)24-21-15)22-10-6-13(7-11-22)18-19-8-3-9-20-18/h1-2,4-5,13H,3,6-12H2,(H,19,20). The van der Waals surface area contributed by atoms with E-state index in [-0.39, 0.29) is 5.91 Å². The number of carbonyl (C=O) groups is 1. The molecule has 1 aromatic heterocycles.